The summed E-state index contributed by atoms with van der Waals surface area (Å²) in [7, 11) is 0. The van der Waals surface area contributed by atoms with Crippen molar-refractivity contribution < 1.29 is 23.1 Å². The van der Waals surface area contributed by atoms with E-state index in [9.17, 15) is 9.18 Å². The molecule has 0 radical (unpaired) electrons. The van der Waals surface area contributed by atoms with E-state index in [-0.39, 0.29) is 28.9 Å². The summed E-state index contributed by atoms with van der Waals surface area (Å²) in [6, 6.07) is 2.27. The number of nitriles is 1. The molecular formula is C12H8FNO4. The molecule has 6 heteroatoms. The molecule has 1 aromatic carbocycles. The molecule has 0 bridgehead atoms. The van der Waals surface area contributed by atoms with Crippen molar-refractivity contribution >= 4 is 16.9 Å². The number of benzene rings is 1. The number of carbonyl (C=O) groups is 1. The van der Waals surface area contributed by atoms with Gasteiger partial charge < -0.3 is 13.9 Å². The molecule has 18 heavy (non-hydrogen) atoms. The predicted molar refractivity (Wildman–Crippen MR) is 58.4 cm³/mol. The normalized spacial score (nSPS) is 10.1. The Kier molecular flexibility index (Phi) is 3.15. The predicted octanol–water partition coefficient (Wildman–Crippen LogP) is 2.61. The van der Waals surface area contributed by atoms with Crippen LogP contribution in [-0.4, -0.2) is 12.6 Å². The van der Waals surface area contributed by atoms with Crippen LogP contribution in [-0.2, 0) is 4.74 Å². The Balaban J connectivity index is 2.51. The summed E-state index contributed by atoms with van der Waals surface area (Å²) in [5.41, 5.74) is 0.374. The number of furan rings is 1. The SMILES string of the molecule is CCOC(=O)c1coc2cc(OC#N)c(F)cc12. The zero-order valence-corrected chi connectivity index (χ0v) is 9.40. The maximum atomic E-state index is 13.5. The van der Waals surface area contributed by atoms with E-state index in [4.69, 9.17) is 14.4 Å². The molecule has 2 rings (SSSR count). The van der Waals surface area contributed by atoms with E-state index >= 15 is 0 Å². The van der Waals surface area contributed by atoms with Crippen LogP contribution in [0.5, 0.6) is 5.75 Å². The lowest BCUT2D eigenvalue weighted by molar-refractivity contribution is 0.0527. The van der Waals surface area contributed by atoms with Crippen LogP contribution in [0.15, 0.2) is 22.8 Å². The zero-order valence-electron chi connectivity index (χ0n) is 9.40. The van der Waals surface area contributed by atoms with Crippen molar-refractivity contribution in [1.82, 2.24) is 0 Å². The number of esters is 1. The second-order valence-corrected chi connectivity index (χ2v) is 3.34. The van der Waals surface area contributed by atoms with Crippen LogP contribution >= 0.6 is 0 Å². The molecule has 92 valence electrons. The van der Waals surface area contributed by atoms with Crippen molar-refractivity contribution in [3.8, 4) is 12.0 Å². The van der Waals surface area contributed by atoms with E-state index in [1.165, 1.54) is 18.6 Å². The first-order chi connectivity index (χ1) is 8.67. The Morgan fingerprint density at radius 1 is 1.56 bits per heavy atom. The molecule has 0 unspecified atom stereocenters. The first kappa shape index (κ1) is 11.9. The van der Waals surface area contributed by atoms with Crippen molar-refractivity contribution in [3.63, 3.8) is 0 Å². The number of hydrogen-bond acceptors (Lipinski definition) is 5. The van der Waals surface area contributed by atoms with Gasteiger partial charge in [-0.05, 0) is 13.0 Å². The van der Waals surface area contributed by atoms with E-state index in [1.54, 1.807) is 6.92 Å². The first-order valence-corrected chi connectivity index (χ1v) is 5.11. The van der Waals surface area contributed by atoms with Crippen molar-refractivity contribution in [2.45, 2.75) is 6.92 Å². The van der Waals surface area contributed by atoms with Gasteiger partial charge in [-0.25, -0.2) is 9.18 Å². The van der Waals surface area contributed by atoms with E-state index in [0.717, 1.165) is 6.07 Å². The summed E-state index contributed by atoms with van der Waals surface area (Å²) in [4.78, 5) is 11.6. The molecule has 0 fully saturated rings. The second kappa shape index (κ2) is 4.75. The van der Waals surface area contributed by atoms with Crippen molar-refractivity contribution in [2.75, 3.05) is 6.61 Å². The maximum Gasteiger partial charge on any atom is 0.342 e. The summed E-state index contributed by atoms with van der Waals surface area (Å²) in [5.74, 6) is -1.60. The molecule has 0 amide bonds. The highest BCUT2D eigenvalue weighted by atomic mass is 19.1. The molecular weight excluding hydrogens is 241 g/mol. The fraction of sp³-hybridized carbons (Fsp3) is 0.167. The average molecular weight is 249 g/mol. The standard InChI is InChI=1S/C12H8FNO4/c1-2-16-12(15)8-5-17-10-4-11(18-6-14)9(13)3-7(8)10/h3-5H,2H2,1H3. The molecule has 0 saturated carbocycles. The minimum Gasteiger partial charge on any atom is -0.463 e. The van der Waals surface area contributed by atoms with Crippen LogP contribution < -0.4 is 4.74 Å². The molecule has 2 aromatic rings. The van der Waals surface area contributed by atoms with Gasteiger partial charge in [0.2, 0.25) is 0 Å². The number of rotatable bonds is 3. The smallest absolute Gasteiger partial charge is 0.342 e. The number of fused-ring (bicyclic) bond motifs is 1. The largest absolute Gasteiger partial charge is 0.463 e. The molecule has 0 aliphatic rings. The highest BCUT2D eigenvalue weighted by molar-refractivity contribution is 6.03. The molecule has 0 saturated heterocycles. The molecule has 0 spiro atoms. The van der Waals surface area contributed by atoms with E-state index in [1.807, 2.05) is 0 Å². The van der Waals surface area contributed by atoms with Gasteiger partial charge in [-0.15, -0.1) is 5.26 Å². The van der Waals surface area contributed by atoms with Crippen LogP contribution in [0, 0.1) is 17.3 Å². The number of hydrogen-bond donors (Lipinski definition) is 0. The highest BCUT2D eigenvalue weighted by Crippen LogP contribution is 2.28. The van der Waals surface area contributed by atoms with Crippen molar-refractivity contribution in [2.24, 2.45) is 0 Å². The minimum absolute atomic E-state index is 0.134. The third-order valence-corrected chi connectivity index (χ3v) is 2.28. The summed E-state index contributed by atoms with van der Waals surface area (Å²) < 4.78 is 27.9. The molecule has 5 nitrogen and oxygen atoms in total. The molecule has 0 aliphatic carbocycles. The molecule has 0 aliphatic heterocycles. The van der Waals surface area contributed by atoms with Crippen molar-refractivity contribution in [1.29, 1.82) is 5.26 Å². The number of halogens is 1. The second-order valence-electron chi connectivity index (χ2n) is 3.34. The van der Waals surface area contributed by atoms with Gasteiger partial charge in [-0.3, -0.25) is 0 Å². The lowest BCUT2D eigenvalue weighted by Crippen LogP contribution is -2.03. The van der Waals surface area contributed by atoms with Crippen LogP contribution in [0.1, 0.15) is 17.3 Å². The third-order valence-electron chi connectivity index (χ3n) is 2.28. The Labute approximate surface area is 101 Å². The molecule has 0 atom stereocenters. The van der Waals surface area contributed by atoms with Crippen molar-refractivity contribution in [3.05, 3.63) is 29.8 Å². The molecule has 0 N–H and O–H groups in total. The van der Waals surface area contributed by atoms with E-state index in [0.29, 0.717) is 0 Å². The summed E-state index contributed by atoms with van der Waals surface area (Å²) in [5, 5.41) is 8.61. The zero-order chi connectivity index (χ0) is 13.1. The Hall–Kier alpha value is -2.55. The summed E-state index contributed by atoms with van der Waals surface area (Å²) >= 11 is 0. The Morgan fingerprint density at radius 2 is 2.33 bits per heavy atom. The minimum atomic E-state index is -0.754. The van der Waals surface area contributed by atoms with Crippen LogP contribution in [0.3, 0.4) is 0 Å². The fourth-order valence-electron chi connectivity index (χ4n) is 1.52. The maximum absolute atomic E-state index is 13.5. The van der Waals surface area contributed by atoms with Gasteiger partial charge in [0.25, 0.3) is 6.26 Å². The van der Waals surface area contributed by atoms with Gasteiger partial charge >= 0.3 is 5.97 Å². The fourth-order valence-corrected chi connectivity index (χ4v) is 1.52. The lowest BCUT2D eigenvalue weighted by atomic mass is 10.1. The average Bonchev–Trinajstić information content (AvgIpc) is 2.73. The van der Waals surface area contributed by atoms with Crippen LogP contribution in [0.2, 0.25) is 0 Å². The van der Waals surface area contributed by atoms with Crippen LogP contribution in [0.25, 0.3) is 11.0 Å². The number of nitrogens with zero attached hydrogens (tertiary/aromatic N) is 1. The topological polar surface area (TPSA) is 72.5 Å². The molecule has 1 aromatic heterocycles. The summed E-state index contributed by atoms with van der Waals surface area (Å²) in [6.45, 7) is 1.88. The van der Waals surface area contributed by atoms with Gasteiger partial charge in [0.1, 0.15) is 17.4 Å². The number of carbonyl (C=O) groups excluding carboxylic acids is 1. The van der Waals surface area contributed by atoms with Gasteiger partial charge in [-0.1, -0.05) is 0 Å². The van der Waals surface area contributed by atoms with Gasteiger partial charge in [0.15, 0.2) is 11.6 Å². The quantitative estimate of drug-likeness (QED) is 0.617. The first-order valence-electron chi connectivity index (χ1n) is 5.11. The third kappa shape index (κ3) is 1.98. The van der Waals surface area contributed by atoms with Crippen LogP contribution in [0.4, 0.5) is 4.39 Å². The summed E-state index contributed by atoms with van der Waals surface area (Å²) in [6.07, 6.45) is 2.54. The Morgan fingerprint density at radius 3 is 3.00 bits per heavy atom. The van der Waals surface area contributed by atoms with E-state index in [2.05, 4.69) is 4.74 Å². The number of ether oxygens (including phenoxy) is 2. The van der Waals surface area contributed by atoms with Gasteiger partial charge in [-0.2, -0.15) is 0 Å². The highest BCUT2D eigenvalue weighted by Gasteiger charge is 2.17. The lowest BCUT2D eigenvalue weighted by Gasteiger charge is -2.00. The monoisotopic (exact) mass is 249 g/mol. The van der Waals surface area contributed by atoms with Gasteiger partial charge in [0, 0.05) is 11.5 Å². The van der Waals surface area contributed by atoms with Gasteiger partial charge in [0.05, 0.1) is 6.61 Å². The Bertz CT molecular complexity index is 641. The molecule has 1 heterocycles. The van der Waals surface area contributed by atoms with E-state index < -0.39 is 11.8 Å².